The predicted octanol–water partition coefficient (Wildman–Crippen LogP) is 2.15. The van der Waals surface area contributed by atoms with E-state index >= 15 is 0 Å². The van der Waals surface area contributed by atoms with Gasteiger partial charge in [0.2, 0.25) is 5.96 Å². The molecule has 0 N–H and O–H groups in total. The lowest BCUT2D eigenvalue weighted by atomic mass is 9.87. The zero-order chi connectivity index (χ0) is 16.4. The summed E-state index contributed by atoms with van der Waals surface area (Å²) in [6, 6.07) is 6.91. The van der Waals surface area contributed by atoms with Crippen LogP contribution in [-0.2, 0) is 15.4 Å². The minimum atomic E-state index is -3.71. The Balaban J connectivity index is 3.23. The largest absolute Gasteiger partial charge is 0.348 e. The van der Waals surface area contributed by atoms with Gasteiger partial charge < -0.3 is 9.80 Å². The van der Waals surface area contributed by atoms with Crippen LogP contribution in [0.4, 0.5) is 0 Å². The molecule has 0 saturated carbocycles. The third kappa shape index (κ3) is 4.46. The van der Waals surface area contributed by atoms with E-state index in [1.807, 2.05) is 12.1 Å². The summed E-state index contributed by atoms with van der Waals surface area (Å²) in [5, 5.41) is 0. The molecule has 1 aromatic rings. The molecule has 0 radical (unpaired) electrons. The van der Waals surface area contributed by atoms with Gasteiger partial charge in [0.1, 0.15) is 0 Å². The second-order valence-corrected chi connectivity index (χ2v) is 8.03. The summed E-state index contributed by atoms with van der Waals surface area (Å²) in [7, 11) is 3.34. The molecule has 0 atom stereocenters. The fourth-order valence-corrected chi connectivity index (χ4v) is 2.98. The normalized spacial score (nSPS) is 12.0. The van der Waals surface area contributed by atoms with Crippen LogP contribution in [0, 0.1) is 0 Å². The van der Waals surface area contributed by atoms with Crippen molar-refractivity contribution in [3.05, 3.63) is 29.8 Å². The van der Waals surface area contributed by atoms with E-state index in [0.717, 1.165) is 5.56 Å². The van der Waals surface area contributed by atoms with Crippen molar-refractivity contribution in [1.82, 2.24) is 9.80 Å². The Morgan fingerprint density at radius 1 is 0.952 bits per heavy atom. The van der Waals surface area contributed by atoms with Crippen LogP contribution in [-0.4, -0.2) is 52.4 Å². The van der Waals surface area contributed by atoms with Crippen molar-refractivity contribution in [2.75, 3.05) is 28.2 Å². The fourth-order valence-electron chi connectivity index (χ4n) is 1.85. The van der Waals surface area contributed by atoms with Gasteiger partial charge in [0.15, 0.2) is 0 Å². The molecule has 118 valence electrons. The highest BCUT2D eigenvalue weighted by molar-refractivity contribution is 7.90. The monoisotopic (exact) mass is 311 g/mol. The predicted molar refractivity (Wildman–Crippen MR) is 87.1 cm³/mol. The van der Waals surface area contributed by atoms with Crippen LogP contribution in [0.15, 0.2) is 33.6 Å². The SMILES string of the molecule is CN(C)C(=NS(=O)(=O)c1ccc(C(C)(C)C)cc1)N(C)C. The molecule has 0 saturated heterocycles. The van der Waals surface area contributed by atoms with Gasteiger partial charge in [-0.15, -0.1) is 4.40 Å². The molecule has 0 bridgehead atoms. The highest BCUT2D eigenvalue weighted by Gasteiger charge is 2.19. The molecular formula is C15H25N3O2S. The molecule has 0 amide bonds. The van der Waals surface area contributed by atoms with Crippen LogP contribution >= 0.6 is 0 Å². The Kier molecular flexibility index (Phi) is 5.04. The number of nitrogens with zero attached hydrogens (tertiary/aromatic N) is 3. The number of hydrogen-bond donors (Lipinski definition) is 0. The zero-order valence-electron chi connectivity index (χ0n) is 13.9. The highest BCUT2D eigenvalue weighted by Crippen LogP contribution is 2.24. The molecule has 0 heterocycles. The smallest absolute Gasteiger partial charge is 0.285 e. The first-order chi connectivity index (χ1) is 9.45. The summed E-state index contributed by atoms with van der Waals surface area (Å²) >= 11 is 0. The lowest BCUT2D eigenvalue weighted by Crippen LogP contribution is -2.36. The lowest BCUT2D eigenvalue weighted by Gasteiger charge is -2.22. The van der Waals surface area contributed by atoms with E-state index in [2.05, 4.69) is 25.2 Å². The number of rotatable bonds is 2. The van der Waals surface area contributed by atoms with Gasteiger partial charge in [0.25, 0.3) is 10.0 Å². The van der Waals surface area contributed by atoms with Crippen molar-refractivity contribution in [3.8, 4) is 0 Å². The molecule has 0 fully saturated rings. The molecule has 1 rings (SSSR count). The van der Waals surface area contributed by atoms with E-state index in [-0.39, 0.29) is 10.3 Å². The van der Waals surface area contributed by atoms with E-state index in [1.165, 1.54) is 0 Å². The summed E-state index contributed by atoms with van der Waals surface area (Å²) in [4.78, 5) is 3.54. The Morgan fingerprint density at radius 3 is 1.71 bits per heavy atom. The maximum atomic E-state index is 12.4. The van der Waals surface area contributed by atoms with Gasteiger partial charge in [0.05, 0.1) is 4.90 Å². The highest BCUT2D eigenvalue weighted by atomic mass is 32.2. The van der Waals surface area contributed by atoms with Crippen LogP contribution in [0.25, 0.3) is 0 Å². The summed E-state index contributed by atoms with van der Waals surface area (Å²) in [5.41, 5.74) is 1.08. The fraction of sp³-hybridized carbons (Fsp3) is 0.533. The quantitative estimate of drug-likeness (QED) is 0.620. The van der Waals surface area contributed by atoms with Crippen molar-refractivity contribution >= 4 is 16.0 Å². The second-order valence-electron chi connectivity index (χ2n) is 6.43. The standard InChI is InChI=1S/C15H25N3O2S/c1-15(2,3)12-8-10-13(11-9-12)21(19,20)16-14(17(4)5)18(6)7/h8-11H,1-7H3. The molecule has 0 aliphatic carbocycles. The number of guanidine groups is 1. The molecule has 0 spiro atoms. The molecule has 0 aliphatic rings. The van der Waals surface area contributed by atoms with Gasteiger partial charge in [-0.3, -0.25) is 0 Å². The van der Waals surface area contributed by atoms with E-state index in [1.54, 1.807) is 50.1 Å². The third-order valence-electron chi connectivity index (χ3n) is 3.02. The van der Waals surface area contributed by atoms with Gasteiger partial charge in [0, 0.05) is 28.2 Å². The van der Waals surface area contributed by atoms with Crippen molar-refractivity contribution in [3.63, 3.8) is 0 Å². The number of benzene rings is 1. The maximum absolute atomic E-state index is 12.4. The van der Waals surface area contributed by atoms with Gasteiger partial charge in [-0.1, -0.05) is 32.9 Å². The first-order valence-electron chi connectivity index (χ1n) is 6.75. The van der Waals surface area contributed by atoms with Crippen LogP contribution < -0.4 is 0 Å². The Bertz CT molecular complexity index is 599. The van der Waals surface area contributed by atoms with Gasteiger partial charge in [-0.25, -0.2) is 0 Å². The molecular weight excluding hydrogens is 286 g/mol. The van der Waals surface area contributed by atoms with E-state index in [9.17, 15) is 8.42 Å². The Labute approximate surface area is 128 Å². The summed E-state index contributed by atoms with van der Waals surface area (Å²) in [6.45, 7) is 6.26. The van der Waals surface area contributed by atoms with Crippen LogP contribution in [0.1, 0.15) is 26.3 Å². The zero-order valence-corrected chi connectivity index (χ0v) is 14.7. The second kappa shape index (κ2) is 6.05. The maximum Gasteiger partial charge on any atom is 0.285 e. The topological polar surface area (TPSA) is 53.0 Å². The minimum Gasteiger partial charge on any atom is -0.348 e. The molecule has 21 heavy (non-hydrogen) atoms. The summed E-state index contributed by atoms with van der Waals surface area (Å²) in [6.07, 6.45) is 0. The van der Waals surface area contributed by atoms with Crippen molar-refractivity contribution in [2.24, 2.45) is 4.40 Å². The van der Waals surface area contributed by atoms with Gasteiger partial charge >= 0.3 is 0 Å². The minimum absolute atomic E-state index is 0.00993. The van der Waals surface area contributed by atoms with Gasteiger partial charge in [-0.05, 0) is 23.1 Å². The first-order valence-corrected chi connectivity index (χ1v) is 8.19. The number of hydrogen-bond acceptors (Lipinski definition) is 2. The average molecular weight is 311 g/mol. The molecule has 6 heteroatoms. The molecule has 5 nitrogen and oxygen atoms in total. The lowest BCUT2D eigenvalue weighted by molar-refractivity contribution is 0.484. The molecule has 0 aliphatic heterocycles. The van der Waals surface area contributed by atoms with Crippen molar-refractivity contribution in [1.29, 1.82) is 0 Å². The van der Waals surface area contributed by atoms with Crippen LogP contribution in [0.3, 0.4) is 0 Å². The molecule has 0 unspecified atom stereocenters. The number of sulfonamides is 1. The van der Waals surface area contributed by atoms with Crippen molar-refractivity contribution < 1.29 is 8.42 Å². The third-order valence-corrected chi connectivity index (χ3v) is 4.29. The Morgan fingerprint density at radius 2 is 1.38 bits per heavy atom. The summed E-state index contributed by atoms with van der Waals surface area (Å²) in [5.74, 6) is 0.384. The van der Waals surface area contributed by atoms with Gasteiger partial charge in [-0.2, -0.15) is 8.42 Å². The van der Waals surface area contributed by atoms with Crippen molar-refractivity contribution in [2.45, 2.75) is 31.1 Å². The Hall–Kier alpha value is -1.56. The van der Waals surface area contributed by atoms with E-state index in [4.69, 9.17) is 0 Å². The molecule has 0 aromatic heterocycles. The first kappa shape index (κ1) is 17.5. The summed E-state index contributed by atoms with van der Waals surface area (Å²) < 4.78 is 28.7. The average Bonchev–Trinajstić information content (AvgIpc) is 2.34. The van der Waals surface area contributed by atoms with E-state index in [0.29, 0.717) is 5.96 Å². The van der Waals surface area contributed by atoms with E-state index < -0.39 is 10.0 Å². The van der Waals surface area contributed by atoms with Crippen LogP contribution in [0.5, 0.6) is 0 Å². The van der Waals surface area contributed by atoms with Crippen LogP contribution in [0.2, 0.25) is 0 Å². The molecule has 1 aromatic carbocycles.